The third-order valence-corrected chi connectivity index (χ3v) is 3.82. The fourth-order valence-electron chi connectivity index (χ4n) is 1.62. The van der Waals surface area contributed by atoms with Crippen LogP contribution in [0.3, 0.4) is 0 Å². The molecule has 0 atom stereocenters. The van der Waals surface area contributed by atoms with Crippen molar-refractivity contribution in [3.63, 3.8) is 0 Å². The largest absolute Gasteiger partial charge is 0.385 e. The molecule has 0 saturated heterocycles. The first-order valence-corrected chi connectivity index (χ1v) is 7.38. The average Bonchev–Trinajstić information content (AvgIpc) is 2.30. The van der Waals surface area contributed by atoms with E-state index < -0.39 is 10.0 Å². The van der Waals surface area contributed by atoms with Gasteiger partial charge in [-0.05, 0) is 24.1 Å². The number of nitrogens with one attached hydrogen (secondary N) is 1. The number of hydrogen-bond donors (Lipinski definition) is 2. The summed E-state index contributed by atoms with van der Waals surface area (Å²) in [4.78, 5) is 0.145. The van der Waals surface area contributed by atoms with Gasteiger partial charge in [-0.3, -0.25) is 0 Å². The third kappa shape index (κ3) is 4.36. The Bertz CT molecular complexity index is 453. The summed E-state index contributed by atoms with van der Waals surface area (Å²) >= 11 is 0. The topological polar surface area (TPSA) is 72.2 Å². The first-order valence-electron chi connectivity index (χ1n) is 5.84. The lowest BCUT2D eigenvalue weighted by atomic mass is 10.0. The Morgan fingerprint density at radius 3 is 2.47 bits per heavy atom. The summed E-state index contributed by atoms with van der Waals surface area (Å²) in [7, 11) is -3.62. The molecule has 0 aromatic heterocycles. The number of sulfonamides is 1. The summed E-state index contributed by atoms with van der Waals surface area (Å²) in [6, 6.07) is 6.60. The van der Waals surface area contributed by atoms with Gasteiger partial charge in [-0.2, -0.15) is 0 Å². The molecule has 1 rings (SSSR count). The number of primary sulfonamides is 1. The quantitative estimate of drug-likeness (QED) is 0.819. The van der Waals surface area contributed by atoms with Crippen molar-refractivity contribution in [1.82, 2.24) is 0 Å². The second kappa shape index (κ2) is 6.02. The van der Waals surface area contributed by atoms with Crippen LogP contribution in [0.4, 0.5) is 5.69 Å². The smallest absolute Gasteiger partial charge is 0.238 e. The second-order valence-electron chi connectivity index (χ2n) is 4.14. The number of benzene rings is 1. The molecular formula is C12H20N2O2S. The van der Waals surface area contributed by atoms with Gasteiger partial charge in [0.1, 0.15) is 0 Å². The van der Waals surface area contributed by atoms with Gasteiger partial charge < -0.3 is 5.32 Å². The molecule has 0 saturated carbocycles. The minimum Gasteiger partial charge on any atom is -0.385 e. The molecule has 0 spiro atoms. The fourth-order valence-corrected chi connectivity index (χ4v) is 2.18. The fraction of sp³-hybridized carbons (Fsp3) is 0.500. The first kappa shape index (κ1) is 14.0. The molecule has 5 heteroatoms. The predicted octanol–water partition coefficient (Wildman–Crippen LogP) is 2.18. The molecule has 0 radical (unpaired) electrons. The maximum atomic E-state index is 11.2. The van der Waals surface area contributed by atoms with Crippen LogP contribution in [-0.2, 0) is 10.0 Å². The standard InChI is InChI=1S/C12H20N2O2S/c1-3-10(4-2)9-14-11-6-5-7-12(8-11)17(13,15)16/h5-8,10,14H,3-4,9H2,1-2H3,(H2,13,15,16). The van der Waals surface area contributed by atoms with Gasteiger partial charge in [0.05, 0.1) is 4.90 Å². The van der Waals surface area contributed by atoms with E-state index in [0.717, 1.165) is 25.1 Å². The van der Waals surface area contributed by atoms with Crippen molar-refractivity contribution in [2.75, 3.05) is 11.9 Å². The minimum absolute atomic E-state index is 0.145. The van der Waals surface area contributed by atoms with E-state index in [1.54, 1.807) is 12.1 Å². The van der Waals surface area contributed by atoms with E-state index in [1.165, 1.54) is 6.07 Å². The summed E-state index contributed by atoms with van der Waals surface area (Å²) < 4.78 is 22.4. The molecule has 1 aromatic rings. The average molecular weight is 256 g/mol. The molecule has 0 amide bonds. The van der Waals surface area contributed by atoms with E-state index in [4.69, 9.17) is 5.14 Å². The predicted molar refractivity (Wildman–Crippen MR) is 70.4 cm³/mol. The Morgan fingerprint density at radius 2 is 1.94 bits per heavy atom. The van der Waals surface area contributed by atoms with Gasteiger partial charge in [-0.15, -0.1) is 0 Å². The number of hydrogen-bond acceptors (Lipinski definition) is 3. The van der Waals surface area contributed by atoms with E-state index in [0.29, 0.717) is 5.92 Å². The SMILES string of the molecule is CCC(CC)CNc1cccc(S(N)(=O)=O)c1. The van der Waals surface area contributed by atoms with Crippen LogP contribution in [0.25, 0.3) is 0 Å². The van der Waals surface area contributed by atoms with Gasteiger partial charge in [0.15, 0.2) is 0 Å². The lowest BCUT2D eigenvalue weighted by Crippen LogP contribution is -2.14. The molecule has 1 aromatic carbocycles. The number of nitrogens with two attached hydrogens (primary N) is 1. The van der Waals surface area contributed by atoms with Gasteiger partial charge in [0.25, 0.3) is 0 Å². The first-order chi connectivity index (χ1) is 7.97. The van der Waals surface area contributed by atoms with Gasteiger partial charge in [-0.1, -0.05) is 32.8 Å². The van der Waals surface area contributed by atoms with E-state index in [1.807, 2.05) is 6.07 Å². The molecule has 0 bridgehead atoms. The Labute approximate surface area is 103 Å². The highest BCUT2D eigenvalue weighted by atomic mass is 32.2. The van der Waals surface area contributed by atoms with Crippen LogP contribution in [0.1, 0.15) is 26.7 Å². The van der Waals surface area contributed by atoms with Crippen LogP contribution >= 0.6 is 0 Å². The normalized spacial score (nSPS) is 11.8. The molecule has 0 aliphatic heterocycles. The summed E-state index contributed by atoms with van der Waals surface area (Å²) in [5.74, 6) is 0.605. The zero-order chi connectivity index (χ0) is 12.9. The second-order valence-corrected chi connectivity index (χ2v) is 5.70. The van der Waals surface area contributed by atoms with Crippen molar-refractivity contribution in [1.29, 1.82) is 0 Å². The zero-order valence-electron chi connectivity index (χ0n) is 10.3. The van der Waals surface area contributed by atoms with Crippen LogP contribution in [0.2, 0.25) is 0 Å². The van der Waals surface area contributed by atoms with Gasteiger partial charge in [0.2, 0.25) is 10.0 Å². The summed E-state index contributed by atoms with van der Waals surface area (Å²) in [5.41, 5.74) is 0.795. The van der Waals surface area contributed by atoms with Gasteiger partial charge in [0, 0.05) is 12.2 Å². The highest BCUT2D eigenvalue weighted by Gasteiger charge is 2.08. The molecule has 0 heterocycles. The molecule has 0 unspecified atom stereocenters. The Morgan fingerprint density at radius 1 is 1.29 bits per heavy atom. The van der Waals surface area contributed by atoms with Crippen LogP contribution < -0.4 is 10.5 Å². The van der Waals surface area contributed by atoms with Crippen LogP contribution in [0, 0.1) is 5.92 Å². The Hall–Kier alpha value is -1.07. The van der Waals surface area contributed by atoms with E-state index >= 15 is 0 Å². The molecule has 0 aliphatic carbocycles. The molecule has 0 aliphatic rings. The highest BCUT2D eigenvalue weighted by Crippen LogP contribution is 2.15. The van der Waals surface area contributed by atoms with Crippen molar-refractivity contribution < 1.29 is 8.42 Å². The van der Waals surface area contributed by atoms with Gasteiger partial charge in [-0.25, -0.2) is 13.6 Å². The summed E-state index contributed by atoms with van der Waals surface area (Å²) in [6.45, 7) is 5.15. The van der Waals surface area contributed by atoms with Crippen molar-refractivity contribution in [2.24, 2.45) is 11.1 Å². The molecule has 4 nitrogen and oxygen atoms in total. The number of anilines is 1. The van der Waals surface area contributed by atoms with Crippen molar-refractivity contribution >= 4 is 15.7 Å². The van der Waals surface area contributed by atoms with Crippen LogP contribution in [0.5, 0.6) is 0 Å². The lowest BCUT2D eigenvalue weighted by molar-refractivity contribution is 0.519. The van der Waals surface area contributed by atoms with Gasteiger partial charge >= 0.3 is 0 Å². The maximum absolute atomic E-state index is 11.2. The molecule has 0 fully saturated rings. The molecular weight excluding hydrogens is 236 g/mol. The molecule has 3 N–H and O–H groups in total. The summed E-state index contributed by atoms with van der Waals surface area (Å²) in [5, 5.41) is 8.32. The lowest BCUT2D eigenvalue weighted by Gasteiger charge is -2.14. The molecule has 17 heavy (non-hydrogen) atoms. The summed E-state index contributed by atoms with van der Waals surface area (Å²) in [6.07, 6.45) is 2.22. The maximum Gasteiger partial charge on any atom is 0.238 e. The van der Waals surface area contributed by atoms with Crippen molar-refractivity contribution in [2.45, 2.75) is 31.6 Å². The Kier molecular flexibility index (Phi) is 4.96. The monoisotopic (exact) mass is 256 g/mol. The van der Waals surface area contributed by atoms with Crippen molar-refractivity contribution in [3.05, 3.63) is 24.3 Å². The zero-order valence-corrected chi connectivity index (χ0v) is 11.1. The molecule has 96 valence electrons. The number of rotatable bonds is 6. The highest BCUT2D eigenvalue weighted by molar-refractivity contribution is 7.89. The van der Waals surface area contributed by atoms with Crippen LogP contribution in [-0.4, -0.2) is 15.0 Å². The van der Waals surface area contributed by atoms with Crippen LogP contribution in [0.15, 0.2) is 29.2 Å². The van der Waals surface area contributed by atoms with Crippen molar-refractivity contribution in [3.8, 4) is 0 Å². The van der Waals surface area contributed by atoms with E-state index in [-0.39, 0.29) is 4.90 Å². The Balaban J connectivity index is 2.73. The van der Waals surface area contributed by atoms with E-state index in [9.17, 15) is 8.42 Å². The third-order valence-electron chi connectivity index (χ3n) is 2.91. The minimum atomic E-state index is -3.62. The van der Waals surface area contributed by atoms with E-state index in [2.05, 4.69) is 19.2 Å².